The number of likely N-dealkylation sites (tertiary alicyclic amines) is 1. The zero-order valence-corrected chi connectivity index (χ0v) is 12.3. The van der Waals surface area contributed by atoms with E-state index < -0.39 is 6.10 Å². The summed E-state index contributed by atoms with van der Waals surface area (Å²) >= 11 is 5.53. The van der Waals surface area contributed by atoms with Gasteiger partial charge in [0.25, 0.3) is 5.91 Å². The number of hydrogen-bond donors (Lipinski definition) is 2. The van der Waals surface area contributed by atoms with E-state index in [0.717, 1.165) is 37.2 Å². The second-order valence-electron chi connectivity index (χ2n) is 5.12. The van der Waals surface area contributed by atoms with Crippen LogP contribution in [0.25, 0.3) is 0 Å². The summed E-state index contributed by atoms with van der Waals surface area (Å²) in [6.45, 7) is 2.13. The molecule has 1 aliphatic rings. The highest BCUT2D eigenvalue weighted by Crippen LogP contribution is 2.15. The molecule has 1 saturated heterocycles. The van der Waals surface area contributed by atoms with Crippen molar-refractivity contribution in [3.63, 3.8) is 0 Å². The Balaban J connectivity index is 1.91. The number of nitrogens with zero attached hydrogens (tertiary/aromatic N) is 1. The van der Waals surface area contributed by atoms with E-state index >= 15 is 0 Å². The molecule has 1 amide bonds. The van der Waals surface area contributed by atoms with Crippen LogP contribution in [0.3, 0.4) is 0 Å². The third kappa shape index (κ3) is 4.12. The van der Waals surface area contributed by atoms with Gasteiger partial charge in [0.05, 0.1) is 12.0 Å². The molecule has 2 N–H and O–H groups in total. The van der Waals surface area contributed by atoms with Crippen molar-refractivity contribution in [1.29, 1.82) is 0 Å². The number of aliphatic hydroxyl groups excluding tert-OH is 1. The summed E-state index contributed by atoms with van der Waals surface area (Å²) in [5, 5.41) is 12.5. The van der Waals surface area contributed by atoms with Gasteiger partial charge in [-0.2, -0.15) is 0 Å². The summed E-state index contributed by atoms with van der Waals surface area (Å²) in [4.78, 5) is 14.2. The van der Waals surface area contributed by atoms with Crippen LogP contribution in [0.4, 0.5) is 5.69 Å². The van der Waals surface area contributed by atoms with E-state index in [2.05, 4.69) is 5.32 Å². The molecule has 1 aliphatic heterocycles. The van der Waals surface area contributed by atoms with Crippen LogP contribution in [0.2, 0.25) is 0 Å². The number of carbonyl (C=O) groups excluding carboxylic acids is 1. The molecule has 0 radical (unpaired) electrons. The monoisotopic (exact) mass is 296 g/mol. The van der Waals surface area contributed by atoms with Crippen LogP contribution in [-0.2, 0) is 0 Å². The molecule has 0 spiro atoms. The number of anilines is 1. The van der Waals surface area contributed by atoms with Crippen molar-refractivity contribution in [2.75, 3.05) is 30.8 Å². The highest BCUT2D eigenvalue weighted by atomic mass is 35.5. The van der Waals surface area contributed by atoms with Crippen molar-refractivity contribution in [3.8, 4) is 0 Å². The van der Waals surface area contributed by atoms with Gasteiger partial charge in [-0.15, -0.1) is 11.6 Å². The second-order valence-corrected chi connectivity index (χ2v) is 5.43. The van der Waals surface area contributed by atoms with Gasteiger partial charge in [-0.25, -0.2) is 0 Å². The lowest BCUT2D eigenvalue weighted by atomic mass is 10.1. The molecule has 1 heterocycles. The number of alkyl halides is 1. The zero-order valence-electron chi connectivity index (χ0n) is 11.5. The second kappa shape index (κ2) is 7.50. The largest absolute Gasteiger partial charge is 0.390 e. The SMILES string of the molecule is O=C(c1ccc(NCC(O)CCl)cc1)N1CCCCC1. The first-order valence-electron chi connectivity index (χ1n) is 7.08. The fourth-order valence-electron chi connectivity index (χ4n) is 2.30. The fourth-order valence-corrected chi connectivity index (χ4v) is 2.41. The van der Waals surface area contributed by atoms with E-state index in [4.69, 9.17) is 11.6 Å². The smallest absolute Gasteiger partial charge is 0.253 e. The van der Waals surface area contributed by atoms with Gasteiger partial charge in [0.2, 0.25) is 0 Å². The first kappa shape index (κ1) is 15.1. The Morgan fingerprint density at radius 2 is 1.90 bits per heavy atom. The average Bonchev–Trinajstić information content (AvgIpc) is 2.53. The molecule has 1 aromatic rings. The van der Waals surface area contributed by atoms with Crippen LogP contribution < -0.4 is 5.32 Å². The van der Waals surface area contributed by atoms with E-state index in [1.54, 1.807) is 0 Å². The van der Waals surface area contributed by atoms with Crippen LogP contribution in [0.15, 0.2) is 24.3 Å². The fraction of sp³-hybridized carbons (Fsp3) is 0.533. The Kier molecular flexibility index (Phi) is 5.68. The summed E-state index contributed by atoms with van der Waals surface area (Å²) in [5.41, 5.74) is 1.60. The Labute approximate surface area is 124 Å². The summed E-state index contributed by atoms with van der Waals surface area (Å²) in [6.07, 6.45) is 2.85. The quantitative estimate of drug-likeness (QED) is 0.820. The minimum Gasteiger partial charge on any atom is -0.390 e. The van der Waals surface area contributed by atoms with Crippen molar-refractivity contribution in [2.24, 2.45) is 0 Å². The molecule has 4 nitrogen and oxygen atoms in total. The van der Waals surface area contributed by atoms with Gasteiger partial charge >= 0.3 is 0 Å². The van der Waals surface area contributed by atoms with Crippen LogP contribution in [-0.4, -0.2) is 47.5 Å². The first-order chi connectivity index (χ1) is 9.70. The molecule has 0 aromatic heterocycles. The number of nitrogens with one attached hydrogen (secondary N) is 1. The molecule has 1 aromatic carbocycles. The lowest BCUT2D eigenvalue weighted by molar-refractivity contribution is 0.0724. The third-order valence-corrected chi connectivity index (χ3v) is 3.85. The van der Waals surface area contributed by atoms with E-state index in [1.165, 1.54) is 6.42 Å². The number of rotatable bonds is 5. The molecular formula is C15H21ClN2O2. The van der Waals surface area contributed by atoms with E-state index in [-0.39, 0.29) is 11.8 Å². The maximum atomic E-state index is 12.3. The van der Waals surface area contributed by atoms with Gasteiger partial charge in [0.1, 0.15) is 0 Å². The van der Waals surface area contributed by atoms with Crippen molar-refractivity contribution >= 4 is 23.2 Å². The number of carbonyl (C=O) groups is 1. The number of amides is 1. The zero-order chi connectivity index (χ0) is 14.4. The molecule has 20 heavy (non-hydrogen) atoms. The van der Waals surface area contributed by atoms with Gasteiger partial charge in [0, 0.05) is 30.9 Å². The molecule has 0 aliphatic carbocycles. The molecule has 0 bridgehead atoms. The van der Waals surface area contributed by atoms with Crippen LogP contribution >= 0.6 is 11.6 Å². The number of hydrogen-bond acceptors (Lipinski definition) is 3. The maximum absolute atomic E-state index is 12.3. The Bertz CT molecular complexity index is 430. The summed E-state index contributed by atoms with van der Waals surface area (Å²) in [7, 11) is 0. The Morgan fingerprint density at radius 1 is 1.25 bits per heavy atom. The molecule has 1 unspecified atom stereocenters. The molecule has 1 atom stereocenters. The number of aliphatic hydroxyl groups is 1. The average molecular weight is 297 g/mol. The van der Waals surface area contributed by atoms with Crippen LogP contribution in [0.1, 0.15) is 29.6 Å². The van der Waals surface area contributed by atoms with Gasteiger partial charge in [-0.3, -0.25) is 4.79 Å². The molecule has 5 heteroatoms. The van der Waals surface area contributed by atoms with Crippen LogP contribution in [0, 0.1) is 0 Å². The number of halogens is 1. The van der Waals surface area contributed by atoms with Gasteiger partial charge in [0.15, 0.2) is 0 Å². The normalized spacial score (nSPS) is 16.8. The van der Waals surface area contributed by atoms with Crippen molar-refractivity contribution in [3.05, 3.63) is 29.8 Å². The molecular weight excluding hydrogens is 276 g/mol. The summed E-state index contributed by atoms with van der Waals surface area (Å²) < 4.78 is 0. The van der Waals surface area contributed by atoms with Crippen molar-refractivity contribution in [2.45, 2.75) is 25.4 Å². The minimum atomic E-state index is -0.564. The first-order valence-corrected chi connectivity index (χ1v) is 7.61. The lowest BCUT2D eigenvalue weighted by Gasteiger charge is -2.26. The highest BCUT2D eigenvalue weighted by molar-refractivity contribution is 6.18. The molecule has 1 fully saturated rings. The summed E-state index contributed by atoms with van der Waals surface area (Å²) in [5.74, 6) is 0.315. The van der Waals surface area contributed by atoms with E-state index in [0.29, 0.717) is 6.54 Å². The van der Waals surface area contributed by atoms with Gasteiger partial charge in [-0.1, -0.05) is 0 Å². The minimum absolute atomic E-state index is 0.108. The summed E-state index contributed by atoms with van der Waals surface area (Å²) in [6, 6.07) is 7.37. The topological polar surface area (TPSA) is 52.6 Å². The van der Waals surface area contributed by atoms with Crippen molar-refractivity contribution in [1.82, 2.24) is 4.90 Å². The van der Waals surface area contributed by atoms with Crippen molar-refractivity contribution < 1.29 is 9.90 Å². The van der Waals surface area contributed by atoms with Crippen LogP contribution in [0.5, 0.6) is 0 Å². The highest BCUT2D eigenvalue weighted by Gasteiger charge is 2.17. The van der Waals surface area contributed by atoms with Gasteiger partial charge in [-0.05, 0) is 43.5 Å². The third-order valence-electron chi connectivity index (χ3n) is 3.50. The number of piperidine rings is 1. The standard InChI is InChI=1S/C15H21ClN2O2/c16-10-14(19)11-17-13-6-4-12(5-7-13)15(20)18-8-2-1-3-9-18/h4-7,14,17,19H,1-3,8-11H2. The molecule has 2 rings (SSSR count). The predicted octanol–water partition coefficient (Wildman–Crippen LogP) is 2.32. The molecule has 110 valence electrons. The predicted molar refractivity (Wildman–Crippen MR) is 81.4 cm³/mol. The lowest BCUT2D eigenvalue weighted by Crippen LogP contribution is -2.35. The van der Waals surface area contributed by atoms with Gasteiger partial charge < -0.3 is 15.3 Å². The molecule has 0 saturated carbocycles. The maximum Gasteiger partial charge on any atom is 0.253 e. The Morgan fingerprint density at radius 3 is 2.50 bits per heavy atom. The van der Waals surface area contributed by atoms with E-state index in [9.17, 15) is 9.90 Å². The van der Waals surface area contributed by atoms with E-state index in [1.807, 2.05) is 29.2 Å². The Hall–Kier alpha value is -1.26. The number of benzene rings is 1.